The fourth-order valence-corrected chi connectivity index (χ4v) is 3.40. The van der Waals surface area contributed by atoms with Crippen LogP contribution in [0.15, 0.2) is 58.9 Å². The number of carbonyl (C=O) groups excluding carboxylic acids is 1. The first-order valence-electron chi connectivity index (χ1n) is 8.81. The highest BCUT2D eigenvalue weighted by atomic mass is 35.5. The van der Waals surface area contributed by atoms with Gasteiger partial charge in [-0.25, -0.2) is 4.79 Å². The van der Waals surface area contributed by atoms with Gasteiger partial charge in [0.05, 0.1) is 6.61 Å². The molecule has 4 nitrogen and oxygen atoms in total. The molecule has 3 aromatic rings. The number of H-pyrrole nitrogens is 1. The van der Waals surface area contributed by atoms with Gasteiger partial charge in [0.15, 0.2) is 0 Å². The molecule has 1 N–H and O–H groups in total. The van der Waals surface area contributed by atoms with E-state index in [1.807, 2.05) is 18.2 Å². The quantitative estimate of drug-likeness (QED) is 0.438. The van der Waals surface area contributed by atoms with Gasteiger partial charge in [-0.3, -0.25) is 4.79 Å². The Morgan fingerprint density at radius 3 is 2.64 bits per heavy atom. The number of hydrogen-bond donors (Lipinski definition) is 1. The number of aromatic nitrogens is 1. The zero-order valence-corrected chi connectivity index (χ0v) is 17.0. The van der Waals surface area contributed by atoms with Crippen LogP contribution in [-0.2, 0) is 16.0 Å². The summed E-state index contributed by atoms with van der Waals surface area (Å²) in [5, 5.41) is 1.86. The number of benzene rings is 2. The summed E-state index contributed by atoms with van der Waals surface area (Å²) in [6.07, 6.45) is 1.93. The van der Waals surface area contributed by atoms with Crippen molar-refractivity contribution < 1.29 is 9.53 Å². The van der Waals surface area contributed by atoms with E-state index in [0.29, 0.717) is 32.3 Å². The van der Waals surface area contributed by atoms with Crippen LogP contribution in [0.2, 0.25) is 10.0 Å². The summed E-state index contributed by atoms with van der Waals surface area (Å²) in [6.45, 7) is 3.53. The standard InChI is InChI=1S/C22H19Cl2NO3/c1-3-13(2)22(27)28-11-10-16-20(15-6-4-5-7-18(15)24)17-12-14(23)8-9-19(17)25-21(16)26/h3-9,12H,10-11H2,1-2H3,(H,25,26)/b13-3+. The van der Waals surface area contributed by atoms with E-state index in [1.54, 1.807) is 44.2 Å². The molecule has 0 bridgehead atoms. The number of ether oxygens (including phenoxy) is 1. The maximum atomic E-state index is 12.8. The predicted octanol–water partition coefficient (Wildman–Crippen LogP) is 5.55. The van der Waals surface area contributed by atoms with Crippen LogP contribution in [0.25, 0.3) is 22.0 Å². The number of fused-ring (bicyclic) bond motifs is 1. The van der Waals surface area contributed by atoms with Gasteiger partial charge >= 0.3 is 5.97 Å². The molecule has 28 heavy (non-hydrogen) atoms. The van der Waals surface area contributed by atoms with Gasteiger partial charge in [0.25, 0.3) is 5.56 Å². The van der Waals surface area contributed by atoms with E-state index in [-0.39, 0.29) is 18.6 Å². The van der Waals surface area contributed by atoms with Crippen LogP contribution in [0.4, 0.5) is 0 Å². The maximum absolute atomic E-state index is 12.8. The van der Waals surface area contributed by atoms with Crippen molar-refractivity contribution in [2.24, 2.45) is 0 Å². The molecular weight excluding hydrogens is 397 g/mol. The van der Waals surface area contributed by atoms with E-state index in [2.05, 4.69) is 4.98 Å². The van der Waals surface area contributed by atoms with E-state index in [1.165, 1.54) is 0 Å². The number of allylic oxidation sites excluding steroid dienone is 1. The summed E-state index contributed by atoms with van der Waals surface area (Å²) in [5.41, 5.74) is 2.86. The molecular formula is C22H19Cl2NO3. The van der Waals surface area contributed by atoms with Crippen LogP contribution in [0.5, 0.6) is 0 Å². The zero-order valence-electron chi connectivity index (χ0n) is 15.5. The molecule has 2 aromatic carbocycles. The topological polar surface area (TPSA) is 59.2 Å². The lowest BCUT2D eigenvalue weighted by molar-refractivity contribution is -0.138. The predicted molar refractivity (Wildman–Crippen MR) is 114 cm³/mol. The van der Waals surface area contributed by atoms with Crippen molar-refractivity contribution in [2.45, 2.75) is 20.3 Å². The number of rotatable bonds is 5. The number of pyridine rings is 1. The second-order valence-electron chi connectivity index (χ2n) is 6.34. The van der Waals surface area contributed by atoms with Crippen molar-refractivity contribution in [3.8, 4) is 11.1 Å². The molecule has 3 rings (SSSR count). The maximum Gasteiger partial charge on any atom is 0.333 e. The van der Waals surface area contributed by atoms with E-state index in [4.69, 9.17) is 27.9 Å². The first-order chi connectivity index (χ1) is 13.4. The van der Waals surface area contributed by atoms with Crippen LogP contribution in [0, 0.1) is 0 Å². The second kappa shape index (κ2) is 8.63. The average molecular weight is 416 g/mol. The summed E-state index contributed by atoms with van der Waals surface area (Å²) in [7, 11) is 0. The lowest BCUT2D eigenvalue weighted by Crippen LogP contribution is -2.18. The van der Waals surface area contributed by atoms with Crippen LogP contribution >= 0.6 is 23.2 Å². The third-order valence-corrected chi connectivity index (χ3v) is 5.12. The molecule has 0 aliphatic heterocycles. The minimum absolute atomic E-state index is 0.0800. The molecule has 0 unspecified atom stereocenters. The molecule has 144 valence electrons. The fourth-order valence-electron chi connectivity index (χ4n) is 2.99. The smallest absolute Gasteiger partial charge is 0.333 e. The van der Waals surface area contributed by atoms with Crippen molar-refractivity contribution in [3.05, 3.63) is 80.1 Å². The van der Waals surface area contributed by atoms with Crippen LogP contribution < -0.4 is 5.56 Å². The largest absolute Gasteiger partial charge is 0.462 e. The van der Waals surface area contributed by atoms with Gasteiger partial charge in [0.1, 0.15) is 0 Å². The molecule has 0 aliphatic rings. The lowest BCUT2D eigenvalue weighted by Gasteiger charge is -2.15. The number of halogens is 2. The minimum atomic E-state index is -0.401. The molecule has 0 radical (unpaired) electrons. The number of carbonyl (C=O) groups is 1. The van der Waals surface area contributed by atoms with Crippen molar-refractivity contribution in [1.29, 1.82) is 0 Å². The Labute approximate surface area is 172 Å². The van der Waals surface area contributed by atoms with Crippen LogP contribution in [0.1, 0.15) is 19.4 Å². The first kappa shape index (κ1) is 20.2. The average Bonchev–Trinajstić information content (AvgIpc) is 2.68. The normalized spacial score (nSPS) is 11.6. The number of esters is 1. The summed E-state index contributed by atoms with van der Waals surface area (Å²) in [6, 6.07) is 12.6. The molecule has 0 spiro atoms. The highest BCUT2D eigenvalue weighted by Gasteiger charge is 2.17. The Morgan fingerprint density at radius 2 is 1.93 bits per heavy atom. The Morgan fingerprint density at radius 1 is 1.18 bits per heavy atom. The van der Waals surface area contributed by atoms with Gasteiger partial charge in [0, 0.05) is 49.6 Å². The summed E-state index contributed by atoms with van der Waals surface area (Å²) < 4.78 is 5.29. The molecule has 0 aliphatic carbocycles. The highest BCUT2D eigenvalue weighted by Crippen LogP contribution is 2.35. The van der Waals surface area contributed by atoms with Crippen molar-refractivity contribution in [3.63, 3.8) is 0 Å². The monoisotopic (exact) mass is 415 g/mol. The molecule has 6 heteroatoms. The fraction of sp³-hybridized carbons (Fsp3) is 0.182. The molecule has 1 aromatic heterocycles. The Kier molecular flexibility index (Phi) is 6.22. The molecule has 0 saturated carbocycles. The van der Waals surface area contributed by atoms with Crippen LogP contribution in [-0.4, -0.2) is 17.6 Å². The minimum Gasteiger partial charge on any atom is -0.462 e. The van der Waals surface area contributed by atoms with Crippen molar-refractivity contribution in [2.75, 3.05) is 6.61 Å². The van der Waals surface area contributed by atoms with Gasteiger partial charge in [0.2, 0.25) is 0 Å². The van der Waals surface area contributed by atoms with Gasteiger partial charge in [-0.15, -0.1) is 0 Å². The van der Waals surface area contributed by atoms with E-state index < -0.39 is 5.97 Å². The summed E-state index contributed by atoms with van der Waals surface area (Å²) in [5.74, 6) is -0.401. The number of aromatic amines is 1. The molecule has 0 amide bonds. The van der Waals surface area contributed by atoms with Gasteiger partial charge in [-0.05, 0) is 38.1 Å². The third kappa shape index (κ3) is 4.13. The van der Waals surface area contributed by atoms with E-state index >= 15 is 0 Å². The zero-order chi connectivity index (χ0) is 20.3. The van der Waals surface area contributed by atoms with Crippen molar-refractivity contribution in [1.82, 2.24) is 4.98 Å². The molecule has 0 atom stereocenters. The molecule has 0 fully saturated rings. The van der Waals surface area contributed by atoms with Gasteiger partial charge in [-0.2, -0.15) is 0 Å². The molecule has 0 saturated heterocycles. The summed E-state index contributed by atoms with van der Waals surface area (Å²) in [4.78, 5) is 27.6. The first-order valence-corrected chi connectivity index (χ1v) is 9.57. The second-order valence-corrected chi connectivity index (χ2v) is 7.18. The third-order valence-electron chi connectivity index (χ3n) is 4.56. The lowest BCUT2D eigenvalue weighted by atomic mass is 9.94. The number of nitrogens with one attached hydrogen (secondary N) is 1. The summed E-state index contributed by atoms with van der Waals surface area (Å²) >= 11 is 12.6. The molecule has 1 heterocycles. The van der Waals surface area contributed by atoms with Gasteiger partial charge < -0.3 is 9.72 Å². The SMILES string of the molecule is C/C=C(\C)C(=O)OCCc1c(-c2ccccc2Cl)c2cc(Cl)ccc2[nH]c1=O. The Balaban J connectivity index is 2.12. The Bertz CT molecular complexity index is 1130. The highest BCUT2D eigenvalue weighted by molar-refractivity contribution is 6.34. The van der Waals surface area contributed by atoms with Gasteiger partial charge in [-0.1, -0.05) is 47.5 Å². The van der Waals surface area contributed by atoms with E-state index in [9.17, 15) is 9.59 Å². The van der Waals surface area contributed by atoms with Crippen LogP contribution in [0.3, 0.4) is 0 Å². The Hall–Kier alpha value is -2.56. The van der Waals surface area contributed by atoms with E-state index in [0.717, 1.165) is 10.9 Å². The van der Waals surface area contributed by atoms with Crippen molar-refractivity contribution >= 4 is 40.1 Å². The number of hydrogen-bond acceptors (Lipinski definition) is 3.